The summed E-state index contributed by atoms with van der Waals surface area (Å²) in [4.78, 5) is 10.5. The maximum atomic E-state index is 10.5. The summed E-state index contributed by atoms with van der Waals surface area (Å²) in [6.45, 7) is 5.31. The van der Waals surface area contributed by atoms with Gasteiger partial charge in [-0.25, -0.2) is 4.79 Å². The molecular formula is C10H12N2O2. The first-order chi connectivity index (χ1) is 6.52. The minimum absolute atomic E-state index is 0.283. The van der Waals surface area contributed by atoms with Gasteiger partial charge in [0.1, 0.15) is 0 Å². The molecule has 0 saturated carbocycles. The highest BCUT2D eigenvalue weighted by molar-refractivity contribution is 5.87. The lowest BCUT2D eigenvalue weighted by Gasteiger charge is -1.89. The first-order valence-electron chi connectivity index (χ1n) is 4.11. The van der Waals surface area contributed by atoms with Crippen molar-refractivity contribution in [2.75, 3.05) is 0 Å². The van der Waals surface area contributed by atoms with Gasteiger partial charge < -0.3 is 5.11 Å². The largest absolute Gasteiger partial charge is 0.478 e. The number of carboxylic acids is 1. The predicted octanol–water partition coefficient (Wildman–Crippen LogP) is -0.358. The average molecular weight is 192 g/mol. The second-order valence-electron chi connectivity index (χ2n) is 3.00. The van der Waals surface area contributed by atoms with Crippen molar-refractivity contribution in [3.8, 4) is 0 Å². The molecule has 74 valence electrons. The third-order valence-corrected chi connectivity index (χ3v) is 1.89. The van der Waals surface area contributed by atoms with Gasteiger partial charge in [0, 0.05) is 17.8 Å². The van der Waals surface area contributed by atoms with Gasteiger partial charge in [-0.05, 0) is 19.1 Å². The highest BCUT2D eigenvalue weighted by atomic mass is 16.4. The Morgan fingerprint density at radius 1 is 1.71 bits per heavy atom. The van der Waals surface area contributed by atoms with Crippen molar-refractivity contribution < 1.29 is 9.90 Å². The van der Waals surface area contributed by atoms with Crippen molar-refractivity contribution in [2.45, 2.75) is 6.92 Å². The summed E-state index contributed by atoms with van der Waals surface area (Å²) in [6, 6.07) is 0. The summed E-state index contributed by atoms with van der Waals surface area (Å²) < 4.78 is 1.65. The molecule has 0 aliphatic heterocycles. The molecule has 1 heterocycles. The van der Waals surface area contributed by atoms with E-state index >= 15 is 0 Å². The highest BCUT2D eigenvalue weighted by Gasteiger charge is 1.96. The van der Waals surface area contributed by atoms with Crippen LogP contribution in [0.15, 0.2) is 17.8 Å². The van der Waals surface area contributed by atoms with Crippen molar-refractivity contribution in [3.63, 3.8) is 0 Å². The molecule has 1 aromatic rings. The fourth-order valence-electron chi connectivity index (χ4n) is 0.983. The molecule has 0 fully saturated rings. The number of hydrogen-bond acceptors (Lipinski definition) is 2. The maximum Gasteiger partial charge on any atom is 0.331 e. The van der Waals surface area contributed by atoms with Crippen LogP contribution in [0.5, 0.6) is 0 Å². The average Bonchev–Trinajstić information content (AvgIpc) is 2.43. The lowest BCUT2D eigenvalue weighted by Crippen LogP contribution is -2.26. The number of aryl methyl sites for hydroxylation is 1. The molecule has 0 radical (unpaired) electrons. The lowest BCUT2D eigenvalue weighted by molar-refractivity contribution is -0.132. The summed E-state index contributed by atoms with van der Waals surface area (Å²) in [5.41, 5.74) is 0.283. The Bertz CT molecular complexity index is 483. The fraction of sp³-hybridized carbons (Fsp3) is 0.200. The molecule has 0 unspecified atom stereocenters. The number of allylic oxidation sites excluding steroid dienone is 1. The molecule has 0 aliphatic rings. The first kappa shape index (κ1) is 10.2. The topological polar surface area (TPSA) is 55.1 Å². The quantitative estimate of drug-likeness (QED) is 0.651. The van der Waals surface area contributed by atoms with Crippen LogP contribution in [0.1, 0.15) is 6.92 Å². The van der Waals surface area contributed by atoms with Crippen molar-refractivity contribution in [1.29, 1.82) is 0 Å². The molecule has 4 nitrogen and oxygen atoms in total. The van der Waals surface area contributed by atoms with Gasteiger partial charge in [0.25, 0.3) is 0 Å². The number of carboxylic acid groups (broad SMARTS) is 1. The third-order valence-electron chi connectivity index (χ3n) is 1.89. The van der Waals surface area contributed by atoms with E-state index in [4.69, 9.17) is 5.11 Å². The van der Waals surface area contributed by atoms with Crippen molar-refractivity contribution in [3.05, 3.63) is 28.4 Å². The van der Waals surface area contributed by atoms with E-state index < -0.39 is 5.97 Å². The van der Waals surface area contributed by atoms with E-state index in [0.29, 0.717) is 0 Å². The van der Waals surface area contributed by atoms with E-state index in [2.05, 4.69) is 11.7 Å². The summed E-state index contributed by atoms with van der Waals surface area (Å²) in [5.74, 6) is -0.922. The number of carbonyl (C=O) groups is 1. The maximum absolute atomic E-state index is 10.5. The number of hydrogen-bond donors (Lipinski definition) is 1. The van der Waals surface area contributed by atoms with Crippen LogP contribution in [0.2, 0.25) is 0 Å². The van der Waals surface area contributed by atoms with Gasteiger partial charge in [0.2, 0.25) is 0 Å². The van der Waals surface area contributed by atoms with Gasteiger partial charge in [-0.15, -0.1) is 0 Å². The highest BCUT2D eigenvalue weighted by Crippen LogP contribution is 1.90. The standard InChI is InChI=1S/C10H12N2O2/c1-7(10(13)14)4-5-9-8(2)6-11-12(9)3/h4-6H,2H2,1,3H3,(H,13,14)/b7-4+,9-5+. The lowest BCUT2D eigenvalue weighted by atomic mass is 10.3. The Morgan fingerprint density at radius 2 is 2.36 bits per heavy atom. The minimum atomic E-state index is -0.922. The van der Waals surface area contributed by atoms with Gasteiger partial charge in [-0.2, -0.15) is 5.10 Å². The number of nitrogens with zero attached hydrogens (tertiary/aromatic N) is 2. The summed E-state index contributed by atoms with van der Waals surface area (Å²) in [5, 5.41) is 14.2. The van der Waals surface area contributed by atoms with E-state index in [1.54, 1.807) is 24.0 Å². The van der Waals surface area contributed by atoms with E-state index in [0.717, 1.165) is 10.6 Å². The van der Waals surface area contributed by atoms with Crippen LogP contribution in [0.3, 0.4) is 0 Å². The fourth-order valence-corrected chi connectivity index (χ4v) is 0.983. The van der Waals surface area contributed by atoms with Crippen LogP contribution in [0, 0.1) is 0 Å². The molecule has 0 spiro atoms. The molecular weight excluding hydrogens is 180 g/mol. The molecule has 1 N–H and O–H groups in total. The summed E-state index contributed by atoms with van der Waals surface area (Å²) in [6.07, 6.45) is 4.86. The summed E-state index contributed by atoms with van der Waals surface area (Å²) >= 11 is 0. The zero-order valence-electron chi connectivity index (χ0n) is 8.19. The van der Waals surface area contributed by atoms with Crippen LogP contribution in [-0.2, 0) is 11.8 Å². The number of aliphatic carboxylic acids is 1. The minimum Gasteiger partial charge on any atom is -0.478 e. The molecule has 0 saturated heterocycles. The number of rotatable bonds is 2. The van der Waals surface area contributed by atoms with Gasteiger partial charge >= 0.3 is 5.97 Å². The SMILES string of the molecule is C=c1cnn(C)/c1=C/C=C(\C)C(=O)O. The molecule has 0 aliphatic carbocycles. The molecule has 0 aromatic carbocycles. The molecule has 0 atom stereocenters. The smallest absolute Gasteiger partial charge is 0.331 e. The first-order valence-corrected chi connectivity index (χ1v) is 4.11. The molecule has 1 aromatic heterocycles. The Kier molecular flexibility index (Phi) is 2.86. The monoisotopic (exact) mass is 192 g/mol. The zero-order valence-corrected chi connectivity index (χ0v) is 8.19. The van der Waals surface area contributed by atoms with E-state index in [1.807, 2.05) is 0 Å². The Balaban J connectivity index is 3.19. The molecule has 14 heavy (non-hydrogen) atoms. The normalized spacial score (nSPS) is 13.3. The molecule has 0 amide bonds. The summed E-state index contributed by atoms with van der Waals surface area (Å²) in [7, 11) is 1.78. The van der Waals surface area contributed by atoms with Crippen molar-refractivity contribution >= 4 is 18.6 Å². The molecule has 0 bridgehead atoms. The van der Waals surface area contributed by atoms with Crippen LogP contribution in [-0.4, -0.2) is 20.9 Å². The Hall–Kier alpha value is -1.84. The second kappa shape index (κ2) is 3.91. The van der Waals surface area contributed by atoms with Gasteiger partial charge in [-0.3, -0.25) is 4.68 Å². The second-order valence-corrected chi connectivity index (χ2v) is 3.00. The van der Waals surface area contributed by atoms with E-state index in [9.17, 15) is 4.79 Å². The number of aromatic nitrogens is 2. The van der Waals surface area contributed by atoms with Gasteiger partial charge in [-0.1, -0.05) is 6.58 Å². The van der Waals surface area contributed by atoms with Crippen LogP contribution < -0.4 is 10.6 Å². The van der Waals surface area contributed by atoms with Crippen molar-refractivity contribution in [1.82, 2.24) is 9.78 Å². The van der Waals surface area contributed by atoms with Gasteiger partial charge in [0.05, 0.1) is 11.5 Å². The van der Waals surface area contributed by atoms with Crippen LogP contribution >= 0.6 is 0 Å². The third kappa shape index (κ3) is 2.10. The van der Waals surface area contributed by atoms with Crippen molar-refractivity contribution in [2.24, 2.45) is 7.05 Å². The van der Waals surface area contributed by atoms with Crippen LogP contribution in [0.4, 0.5) is 0 Å². The Morgan fingerprint density at radius 3 is 2.79 bits per heavy atom. The zero-order chi connectivity index (χ0) is 10.7. The predicted molar refractivity (Wildman–Crippen MR) is 53.8 cm³/mol. The van der Waals surface area contributed by atoms with E-state index in [-0.39, 0.29) is 5.57 Å². The molecule has 4 heteroatoms. The van der Waals surface area contributed by atoms with E-state index in [1.165, 1.54) is 13.0 Å². The Labute approximate surface area is 81.5 Å². The van der Waals surface area contributed by atoms with Crippen LogP contribution in [0.25, 0.3) is 12.7 Å². The van der Waals surface area contributed by atoms with Gasteiger partial charge in [0.15, 0.2) is 0 Å². The molecule has 1 rings (SSSR count).